The molecule has 152 valence electrons. The van der Waals surface area contributed by atoms with Crippen molar-refractivity contribution in [1.29, 1.82) is 0 Å². The van der Waals surface area contributed by atoms with Gasteiger partial charge >= 0.3 is 0 Å². The molecule has 0 saturated carbocycles. The van der Waals surface area contributed by atoms with Crippen LogP contribution in [0.4, 0.5) is 5.69 Å². The predicted octanol–water partition coefficient (Wildman–Crippen LogP) is 1.61. The summed E-state index contributed by atoms with van der Waals surface area (Å²) in [6, 6.07) is 10.6. The summed E-state index contributed by atoms with van der Waals surface area (Å²) >= 11 is 0. The second-order valence-corrected chi connectivity index (χ2v) is 7.61. The van der Waals surface area contributed by atoms with Crippen LogP contribution in [0.3, 0.4) is 0 Å². The standard InChI is InChI=1S/C22H22N6O2/c29-8-7-27-13-17(14-28-6-5-24-26-28)21(30)20-11-19(12-23-22(20)27)25-18-9-15-3-1-2-4-16(15)10-18/h1-6,11-13,18,25,29H,7-10,14H2. The molecular formula is C22H22N6O2. The van der Waals surface area contributed by atoms with E-state index >= 15 is 0 Å². The van der Waals surface area contributed by atoms with Gasteiger partial charge in [-0.1, -0.05) is 29.5 Å². The SMILES string of the molecule is O=c1c(Cn2ccnn2)cn(CCO)c2ncc(NC3Cc4ccccc4C3)cc12. The van der Waals surface area contributed by atoms with E-state index in [1.807, 2.05) is 10.6 Å². The van der Waals surface area contributed by atoms with Gasteiger partial charge in [0.25, 0.3) is 0 Å². The lowest BCUT2D eigenvalue weighted by Crippen LogP contribution is -2.22. The minimum Gasteiger partial charge on any atom is -0.395 e. The van der Waals surface area contributed by atoms with Crippen LogP contribution in [0, 0.1) is 0 Å². The smallest absolute Gasteiger partial charge is 0.196 e. The fourth-order valence-corrected chi connectivity index (χ4v) is 4.19. The van der Waals surface area contributed by atoms with Crippen LogP contribution in [-0.4, -0.2) is 42.3 Å². The average Bonchev–Trinajstić information content (AvgIpc) is 3.40. The maximum atomic E-state index is 13.2. The highest BCUT2D eigenvalue weighted by Crippen LogP contribution is 2.25. The minimum absolute atomic E-state index is 0.0389. The number of hydrogen-bond donors (Lipinski definition) is 2. The van der Waals surface area contributed by atoms with Gasteiger partial charge in [0.2, 0.25) is 0 Å². The lowest BCUT2D eigenvalue weighted by molar-refractivity contribution is 0.277. The van der Waals surface area contributed by atoms with Gasteiger partial charge in [-0.15, -0.1) is 5.10 Å². The van der Waals surface area contributed by atoms with Crippen molar-refractivity contribution in [2.75, 3.05) is 11.9 Å². The second kappa shape index (κ2) is 7.72. The number of rotatable bonds is 6. The first-order chi connectivity index (χ1) is 14.7. The van der Waals surface area contributed by atoms with E-state index in [0.29, 0.717) is 29.7 Å². The molecule has 8 nitrogen and oxygen atoms in total. The van der Waals surface area contributed by atoms with Gasteiger partial charge in [-0.25, -0.2) is 9.67 Å². The van der Waals surface area contributed by atoms with E-state index in [9.17, 15) is 9.90 Å². The molecular weight excluding hydrogens is 380 g/mol. The van der Waals surface area contributed by atoms with Crippen LogP contribution in [0.1, 0.15) is 16.7 Å². The van der Waals surface area contributed by atoms with Crippen LogP contribution in [0.25, 0.3) is 11.0 Å². The number of pyridine rings is 2. The Kier molecular flexibility index (Phi) is 4.76. The Morgan fingerprint density at radius 1 is 1.20 bits per heavy atom. The fourth-order valence-electron chi connectivity index (χ4n) is 4.19. The first-order valence-electron chi connectivity index (χ1n) is 10.0. The third-order valence-corrected chi connectivity index (χ3v) is 5.55. The average molecular weight is 402 g/mol. The molecule has 30 heavy (non-hydrogen) atoms. The van der Waals surface area contributed by atoms with Crippen LogP contribution in [0.2, 0.25) is 0 Å². The summed E-state index contributed by atoms with van der Waals surface area (Å²) in [5.41, 5.74) is 4.62. The van der Waals surface area contributed by atoms with Crippen molar-refractivity contribution < 1.29 is 5.11 Å². The molecule has 0 atom stereocenters. The van der Waals surface area contributed by atoms with Gasteiger partial charge in [0, 0.05) is 30.5 Å². The Hall–Kier alpha value is -3.52. The van der Waals surface area contributed by atoms with E-state index in [2.05, 4.69) is 44.9 Å². The molecule has 0 fully saturated rings. The summed E-state index contributed by atoms with van der Waals surface area (Å²) in [6.07, 6.45) is 8.71. The van der Waals surface area contributed by atoms with Gasteiger partial charge in [0.1, 0.15) is 5.65 Å². The number of nitrogens with one attached hydrogen (secondary N) is 1. The van der Waals surface area contributed by atoms with Crippen LogP contribution < -0.4 is 10.7 Å². The zero-order chi connectivity index (χ0) is 20.5. The molecule has 4 aromatic rings. The Labute approximate surface area is 172 Å². The molecule has 0 radical (unpaired) electrons. The summed E-state index contributed by atoms with van der Waals surface area (Å²) in [5, 5.41) is 21.3. The summed E-state index contributed by atoms with van der Waals surface area (Å²) in [4.78, 5) is 17.7. The number of aliphatic hydroxyl groups excluding tert-OH is 1. The van der Waals surface area contributed by atoms with Crippen molar-refractivity contribution in [1.82, 2.24) is 24.5 Å². The molecule has 1 aliphatic carbocycles. The number of hydrogen-bond acceptors (Lipinski definition) is 6. The van der Waals surface area contributed by atoms with Gasteiger partial charge < -0.3 is 15.0 Å². The summed E-state index contributed by atoms with van der Waals surface area (Å²) in [5.74, 6) is 0. The van der Waals surface area contributed by atoms with Crippen LogP contribution in [0.5, 0.6) is 0 Å². The highest BCUT2D eigenvalue weighted by Gasteiger charge is 2.21. The van der Waals surface area contributed by atoms with Crippen molar-refractivity contribution in [3.63, 3.8) is 0 Å². The van der Waals surface area contributed by atoms with E-state index < -0.39 is 0 Å². The normalized spacial score (nSPS) is 13.6. The zero-order valence-corrected chi connectivity index (χ0v) is 16.4. The van der Waals surface area contributed by atoms with Gasteiger partial charge in [-0.05, 0) is 30.0 Å². The molecule has 2 N–H and O–H groups in total. The largest absolute Gasteiger partial charge is 0.395 e. The molecule has 5 rings (SSSR count). The molecule has 0 amide bonds. The quantitative estimate of drug-likeness (QED) is 0.509. The Balaban J connectivity index is 1.49. The van der Waals surface area contributed by atoms with Crippen LogP contribution >= 0.6 is 0 Å². The minimum atomic E-state index is -0.0828. The molecule has 1 aromatic carbocycles. The number of nitrogens with zero attached hydrogens (tertiary/aromatic N) is 5. The lowest BCUT2D eigenvalue weighted by Gasteiger charge is -2.16. The molecule has 0 saturated heterocycles. The van der Waals surface area contributed by atoms with Crippen LogP contribution in [0.15, 0.2) is 59.9 Å². The molecule has 3 aromatic heterocycles. The molecule has 3 heterocycles. The third kappa shape index (κ3) is 3.46. The zero-order valence-electron chi connectivity index (χ0n) is 16.4. The van der Waals surface area contributed by atoms with Gasteiger partial charge in [-0.2, -0.15) is 0 Å². The molecule has 0 unspecified atom stereocenters. The van der Waals surface area contributed by atoms with E-state index in [1.54, 1.807) is 29.5 Å². The summed E-state index contributed by atoms with van der Waals surface area (Å²) in [6.45, 7) is 0.636. The monoisotopic (exact) mass is 402 g/mol. The lowest BCUT2D eigenvalue weighted by atomic mass is 10.1. The Morgan fingerprint density at radius 3 is 2.70 bits per heavy atom. The number of anilines is 1. The maximum Gasteiger partial charge on any atom is 0.196 e. The van der Waals surface area contributed by atoms with Crippen molar-refractivity contribution in [3.8, 4) is 0 Å². The molecule has 0 aliphatic heterocycles. The van der Waals surface area contributed by atoms with Gasteiger partial charge in [0.05, 0.1) is 36.6 Å². The molecule has 0 spiro atoms. The fraction of sp³-hybridized carbons (Fsp3) is 0.273. The number of benzene rings is 1. The van der Waals surface area contributed by atoms with E-state index in [4.69, 9.17) is 0 Å². The second-order valence-electron chi connectivity index (χ2n) is 7.61. The first kappa shape index (κ1) is 18.5. The highest BCUT2D eigenvalue weighted by molar-refractivity contribution is 5.79. The van der Waals surface area contributed by atoms with E-state index in [1.165, 1.54) is 11.1 Å². The summed E-state index contributed by atoms with van der Waals surface area (Å²) < 4.78 is 3.43. The van der Waals surface area contributed by atoms with Gasteiger partial charge in [0.15, 0.2) is 5.43 Å². The van der Waals surface area contributed by atoms with E-state index in [-0.39, 0.29) is 18.1 Å². The first-order valence-corrected chi connectivity index (χ1v) is 10.0. The Morgan fingerprint density at radius 2 is 2.00 bits per heavy atom. The number of aromatic nitrogens is 5. The van der Waals surface area contributed by atoms with Gasteiger partial charge in [-0.3, -0.25) is 4.79 Å². The van der Waals surface area contributed by atoms with Crippen molar-refractivity contribution in [2.45, 2.75) is 32.0 Å². The topological polar surface area (TPSA) is 97.9 Å². The molecule has 0 bridgehead atoms. The summed E-state index contributed by atoms with van der Waals surface area (Å²) in [7, 11) is 0. The highest BCUT2D eigenvalue weighted by atomic mass is 16.3. The van der Waals surface area contributed by atoms with E-state index in [0.717, 1.165) is 18.5 Å². The van der Waals surface area contributed by atoms with Crippen molar-refractivity contribution >= 4 is 16.7 Å². The van der Waals surface area contributed by atoms with Crippen molar-refractivity contribution in [3.05, 3.63) is 82.0 Å². The third-order valence-electron chi connectivity index (χ3n) is 5.55. The van der Waals surface area contributed by atoms with Crippen molar-refractivity contribution in [2.24, 2.45) is 0 Å². The molecule has 1 aliphatic rings. The maximum absolute atomic E-state index is 13.2. The van der Waals surface area contributed by atoms with Crippen LogP contribution in [-0.2, 0) is 25.9 Å². The number of fused-ring (bicyclic) bond motifs is 2. The predicted molar refractivity (Wildman–Crippen MR) is 113 cm³/mol. The Bertz CT molecular complexity index is 1220. The number of aliphatic hydroxyl groups is 1. The molecule has 8 heteroatoms.